The normalized spacial score (nSPS) is 15.8. The van der Waals surface area contributed by atoms with Crippen molar-refractivity contribution in [1.82, 2.24) is 0 Å². The molecule has 1 aliphatic heterocycles. The van der Waals surface area contributed by atoms with Crippen molar-refractivity contribution >= 4 is 28.0 Å². The number of aryl methyl sites for hydroxylation is 2. The van der Waals surface area contributed by atoms with Gasteiger partial charge in [0.1, 0.15) is 0 Å². The lowest BCUT2D eigenvalue weighted by molar-refractivity contribution is 0.768. The van der Waals surface area contributed by atoms with Crippen LogP contribution in [-0.4, -0.2) is 0 Å². The van der Waals surface area contributed by atoms with Gasteiger partial charge < -0.3 is 0 Å². The highest BCUT2D eigenvalue weighted by Crippen LogP contribution is 2.57. The third-order valence-corrected chi connectivity index (χ3v) is 7.91. The lowest BCUT2D eigenvalue weighted by Gasteiger charge is -2.30. The van der Waals surface area contributed by atoms with E-state index in [2.05, 4.69) is 86.0 Å². The molecule has 0 amide bonds. The first-order valence-electron chi connectivity index (χ1n) is 9.37. The molecule has 2 heterocycles. The van der Waals surface area contributed by atoms with Crippen LogP contribution in [0.4, 0.5) is 0 Å². The second-order valence-corrected chi connectivity index (χ2v) is 9.07. The summed E-state index contributed by atoms with van der Waals surface area (Å²) < 4.78 is -0.0160. The first kappa shape index (κ1) is 17.6. The summed E-state index contributed by atoms with van der Waals surface area (Å²) in [5.41, 5.74) is 5.62. The van der Waals surface area contributed by atoms with Crippen molar-refractivity contribution in [2.75, 3.05) is 0 Å². The summed E-state index contributed by atoms with van der Waals surface area (Å²) in [4.78, 5) is 2.80. The molecule has 3 aromatic rings. The van der Waals surface area contributed by atoms with E-state index in [1.165, 1.54) is 32.0 Å². The molecule has 0 N–H and O–H groups in total. The molecule has 0 spiro atoms. The molecule has 26 heavy (non-hydrogen) atoms. The van der Waals surface area contributed by atoms with Gasteiger partial charge in [0, 0.05) is 9.78 Å². The van der Waals surface area contributed by atoms with Gasteiger partial charge in [0.15, 0.2) is 0 Å². The zero-order valence-corrected chi connectivity index (χ0v) is 17.0. The van der Waals surface area contributed by atoms with Crippen molar-refractivity contribution in [3.63, 3.8) is 0 Å². The SMILES string of the molecule is CCc1ccc(C2(c3ccc(CC)cc3)CC=C(c3cccs3)S2)cc1. The summed E-state index contributed by atoms with van der Waals surface area (Å²) in [7, 11) is 0. The molecule has 0 aliphatic carbocycles. The molecule has 132 valence electrons. The highest BCUT2D eigenvalue weighted by molar-refractivity contribution is 8.09. The first-order valence-corrected chi connectivity index (χ1v) is 11.1. The van der Waals surface area contributed by atoms with Crippen LogP contribution in [-0.2, 0) is 17.6 Å². The topological polar surface area (TPSA) is 0 Å². The molecule has 0 fully saturated rings. The van der Waals surface area contributed by atoms with E-state index in [9.17, 15) is 0 Å². The maximum Gasteiger partial charge on any atom is 0.0739 e. The van der Waals surface area contributed by atoms with Crippen molar-refractivity contribution in [1.29, 1.82) is 0 Å². The monoisotopic (exact) mass is 376 g/mol. The highest BCUT2D eigenvalue weighted by Gasteiger charge is 2.39. The molecule has 4 rings (SSSR count). The fraction of sp³-hybridized carbons (Fsp3) is 0.250. The third kappa shape index (κ3) is 3.17. The molecule has 0 saturated heterocycles. The Morgan fingerprint density at radius 2 is 1.38 bits per heavy atom. The zero-order valence-electron chi connectivity index (χ0n) is 15.4. The minimum absolute atomic E-state index is 0.0160. The van der Waals surface area contributed by atoms with Gasteiger partial charge in [-0.15, -0.1) is 23.1 Å². The van der Waals surface area contributed by atoms with Crippen molar-refractivity contribution in [2.45, 2.75) is 37.9 Å². The number of benzene rings is 2. The van der Waals surface area contributed by atoms with Crippen molar-refractivity contribution in [3.05, 3.63) is 99.3 Å². The molecule has 0 radical (unpaired) electrons. The standard InChI is InChI=1S/C24H24S2/c1-3-18-7-11-20(12-8-18)24(21-13-9-19(4-2)10-14-21)16-15-23(26-24)22-6-5-17-25-22/h5-15,17H,3-4,16H2,1-2H3. The molecule has 0 bridgehead atoms. The van der Waals surface area contributed by atoms with E-state index in [0.29, 0.717) is 0 Å². The number of hydrogen-bond donors (Lipinski definition) is 0. The molecule has 2 aromatic carbocycles. The van der Waals surface area contributed by atoms with Crippen LogP contribution in [0.5, 0.6) is 0 Å². The molecule has 1 aliphatic rings. The second-order valence-electron chi connectivity index (χ2n) is 6.78. The van der Waals surface area contributed by atoms with Crippen LogP contribution in [0, 0.1) is 0 Å². The second kappa shape index (κ2) is 7.46. The van der Waals surface area contributed by atoms with E-state index in [1.54, 1.807) is 0 Å². The van der Waals surface area contributed by atoms with E-state index in [1.807, 2.05) is 23.1 Å². The van der Waals surface area contributed by atoms with Crippen molar-refractivity contribution < 1.29 is 0 Å². The van der Waals surface area contributed by atoms with Gasteiger partial charge in [-0.2, -0.15) is 0 Å². The van der Waals surface area contributed by atoms with Crippen LogP contribution in [0.1, 0.15) is 47.4 Å². The van der Waals surface area contributed by atoms with E-state index < -0.39 is 0 Å². The summed E-state index contributed by atoms with van der Waals surface area (Å²) in [5.74, 6) is 0. The van der Waals surface area contributed by atoms with Gasteiger partial charge in [0.2, 0.25) is 0 Å². The summed E-state index contributed by atoms with van der Waals surface area (Å²) in [6.07, 6.45) is 5.65. The van der Waals surface area contributed by atoms with E-state index >= 15 is 0 Å². The minimum atomic E-state index is -0.0160. The molecule has 0 saturated carbocycles. The number of thiophene rings is 1. The molecular weight excluding hydrogens is 352 g/mol. The lowest BCUT2D eigenvalue weighted by Crippen LogP contribution is -2.20. The fourth-order valence-corrected chi connectivity index (χ4v) is 5.93. The van der Waals surface area contributed by atoms with Crippen LogP contribution in [0.2, 0.25) is 0 Å². The lowest BCUT2D eigenvalue weighted by atomic mass is 9.86. The Morgan fingerprint density at radius 3 is 1.85 bits per heavy atom. The molecule has 2 heteroatoms. The fourth-order valence-electron chi connectivity index (χ4n) is 3.62. The summed E-state index contributed by atoms with van der Waals surface area (Å²) in [5, 5.41) is 2.17. The number of thioether (sulfide) groups is 1. The van der Waals surface area contributed by atoms with E-state index in [-0.39, 0.29) is 4.75 Å². The molecule has 1 aromatic heterocycles. The van der Waals surface area contributed by atoms with Crippen molar-refractivity contribution in [2.24, 2.45) is 0 Å². The predicted octanol–water partition coefficient (Wildman–Crippen LogP) is 7.29. The molecule has 0 atom stereocenters. The van der Waals surface area contributed by atoms with E-state index in [0.717, 1.165) is 19.3 Å². The summed E-state index contributed by atoms with van der Waals surface area (Å²) in [6, 6.07) is 22.9. The smallest absolute Gasteiger partial charge is 0.0739 e. The average Bonchev–Trinajstić information content (AvgIpc) is 3.39. The number of allylic oxidation sites excluding steroid dienone is 1. The third-order valence-electron chi connectivity index (χ3n) is 5.28. The predicted molar refractivity (Wildman–Crippen MR) is 117 cm³/mol. The molecule has 0 unspecified atom stereocenters. The van der Waals surface area contributed by atoms with Gasteiger partial charge in [-0.25, -0.2) is 0 Å². The minimum Gasteiger partial charge on any atom is -0.143 e. The zero-order chi connectivity index (χ0) is 18.0. The Labute approximate surface area is 165 Å². The highest BCUT2D eigenvalue weighted by atomic mass is 32.2. The number of hydrogen-bond acceptors (Lipinski definition) is 2. The van der Waals surface area contributed by atoms with Crippen LogP contribution in [0.3, 0.4) is 0 Å². The number of rotatable bonds is 5. The van der Waals surface area contributed by atoms with Gasteiger partial charge in [-0.3, -0.25) is 0 Å². The Bertz CT molecular complexity index is 837. The van der Waals surface area contributed by atoms with Gasteiger partial charge in [0.25, 0.3) is 0 Å². The van der Waals surface area contributed by atoms with Gasteiger partial charge in [-0.1, -0.05) is 74.5 Å². The Kier molecular flexibility index (Phi) is 5.06. The summed E-state index contributed by atoms with van der Waals surface area (Å²) >= 11 is 3.85. The maximum atomic E-state index is 2.43. The quantitative estimate of drug-likeness (QED) is 0.450. The van der Waals surface area contributed by atoms with Crippen LogP contribution in [0.15, 0.2) is 72.1 Å². The Hall–Kier alpha value is -1.77. The van der Waals surface area contributed by atoms with Crippen LogP contribution in [0.25, 0.3) is 4.91 Å². The molecule has 0 nitrogen and oxygen atoms in total. The van der Waals surface area contributed by atoms with Crippen LogP contribution >= 0.6 is 23.1 Å². The first-order chi connectivity index (χ1) is 12.7. The van der Waals surface area contributed by atoms with Gasteiger partial charge in [-0.05, 0) is 53.0 Å². The average molecular weight is 377 g/mol. The Balaban J connectivity index is 1.76. The maximum absolute atomic E-state index is 2.43. The van der Waals surface area contributed by atoms with Gasteiger partial charge in [0.05, 0.1) is 4.75 Å². The summed E-state index contributed by atoms with van der Waals surface area (Å²) in [6.45, 7) is 4.43. The largest absolute Gasteiger partial charge is 0.143 e. The molecular formula is C24H24S2. The van der Waals surface area contributed by atoms with E-state index in [4.69, 9.17) is 0 Å². The van der Waals surface area contributed by atoms with Gasteiger partial charge >= 0.3 is 0 Å². The van der Waals surface area contributed by atoms with Crippen LogP contribution < -0.4 is 0 Å². The van der Waals surface area contributed by atoms with Crippen molar-refractivity contribution in [3.8, 4) is 0 Å². The Morgan fingerprint density at radius 1 is 0.808 bits per heavy atom.